The predicted octanol–water partition coefficient (Wildman–Crippen LogP) is 0.481. The highest BCUT2D eigenvalue weighted by Crippen LogP contribution is 2.23. The van der Waals surface area contributed by atoms with Crippen molar-refractivity contribution in [2.45, 2.75) is 12.7 Å². The summed E-state index contributed by atoms with van der Waals surface area (Å²) in [5.41, 5.74) is 0.206. The topological polar surface area (TPSA) is 76.4 Å². The molecule has 0 fully saturated rings. The molecule has 0 saturated heterocycles. The summed E-state index contributed by atoms with van der Waals surface area (Å²) in [4.78, 5) is 22.3. The first-order valence-corrected chi connectivity index (χ1v) is 4.14. The molecule has 78 valence electrons. The minimum atomic E-state index is -1.79. The molecular formula is C10H9NO4. The molecule has 1 aliphatic rings. The van der Waals surface area contributed by atoms with E-state index >= 15 is 0 Å². The summed E-state index contributed by atoms with van der Waals surface area (Å²) in [5, 5.41) is 8.66. The van der Waals surface area contributed by atoms with Crippen LogP contribution in [0.3, 0.4) is 0 Å². The molecular weight excluding hydrogens is 198 g/mol. The summed E-state index contributed by atoms with van der Waals surface area (Å²) in [6.07, 6.45) is 3.66. The maximum atomic E-state index is 11.5. The first kappa shape index (κ1) is 11.1. The highest BCUT2D eigenvalue weighted by atomic mass is 16.7. The zero-order valence-electron chi connectivity index (χ0n) is 8.31. The second kappa shape index (κ2) is 4.07. The number of esters is 1. The molecule has 0 radical (unpaired) electrons. The monoisotopic (exact) mass is 207 g/mol. The summed E-state index contributed by atoms with van der Waals surface area (Å²) >= 11 is 0. The number of carbonyl (C=O) groups excluding carboxylic acids is 2. The molecule has 0 aromatic carbocycles. The van der Waals surface area contributed by atoms with Gasteiger partial charge in [-0.25, -0.2) is 0 Å². The van der Waals surface area contributed by atoms with Crippen LogP contribution < -0.4 is 0 Å². The fraction of sp³-hybridized carbons (Fsp3) is 0.300. The van der Waals surface area contributed by atoms with Gasteiger partial charge in [0.2, 0.25) is 5.78 Å². The lowest BCUT2D eigenvalue weighted by atomic mass is 10.0. The second-order valence-corrected chi connectivity index (χ2v) is 2.87. The number of rotatable bonds is 2. The lowest BCUT2D eigenvalue weighted by Crippen LogP contribution is -2.43. The predicted molar refractivity (Wildman–Crippen MR) is 49.3 cm³/mol. The van der Waals surface area contributed by atoms with Gasteiger partial charge in [-0.15, -0.1) is 0 Å². The first-order valence-electron chi connectivity index (χ1n) is 4.14. The molecule has 1 atom stereocenters. The van der Waals surface area contributed by atoms with Crippen LogP contribution in [0, 0.1) is 11.3 Å². The largest absolute Gasteiger partial charge is 0.421 e. The summed E-state index contributed by atoms with van der Waals surface area (Å²) in [6, 6.07) is 1.84. The van der Waals surface area contributed by atoms with Crippen molar-refractivity contribution in [3.05, 3.63) is 23.8 Å². The SMILES string of the molecule is COC1(OC(C)=O)C=C(C#N)C=CC1=O. The number of methoxy groups -OCH3 is 1. The van der Waals surface area contributed by atoms with E-state index in [1.807, 2.05) is 6.07 Å². The average molecular weight is 207 g/mol. The van der Waals surface area contributed by atoms with Crippen molar-refractivity contribution in [2.75, 3.05) is 7.11 Å². The number of ketones is 1. The van der Waals surface area contributed by atoms with Gasteiger partial charge in [0.1, 0.15) is 0 Å². The minimum Gasteiger partial charge on any atom is -0.421 e. The van der Waals surface area contributed by atoms with E-state index in [9.17, 15) is 9.59 Å². The normalized spacial score (nSPS) is 24.3. The number of nitrogens with zero attached hydrogens (tertiary/aromatic N) is 1. The lowest BCUT2D eigenvalue weighted by Gasteiger charge is -2.27. The summed E-state index contributed by atoms with van der Waals surface area (Å²) in [5.74, 6) is -2.97. The van der Waals surface area contributed by atoms with Crippen LogP contribution in [0.15, 0.2) is 23.8 Å². The quantitative estimate of drug-likeness (QED) is 0.486. The Morgan fingerprint density at radius 1 is 1.53 bits per heavy atom. The molecule has 5 heteroatoms. The molecule has 0 saturated carbocycles. The van der Waals surface area contributed by atoms with E-state index in [4.69, 9.17) is 14.7 Å². The van der Waals surface area contributed by atoms with Crippen molar-refractivity contribution in [1.82, 2.24) is 0 Å². The zero-order chi connectivity index (χ0) is 11.5. The van der Waals surface area contributed by atoms with E-state index in [1.54, 1.807) is 0 Å². The molecule has 0 aromatic heterocycles. The third-order valence-electron chi connectivity index (χ3n) is 1.83. The van der Waals surface area contributed by atoms with E-state index in [0.717, 1.165) is 13.0 Å². The van der Waals surface area contributed by atoms with Crippen LogP contribution in [-0.2, 0) is 19.1 Å². The lowest BCUT2D eigenvalue weighted by molar-refractivity contribution is -0.198. The maximum Gasteiger partial charge on any atom is 0.305 e. The van der Waals surface area contributed by atoms with Crippen molar-refractivity contribution in [2.24, 2.45) is 0 Å². The van der Waals surface area contributed by atoms with E-state index in [1.165, 1.54) is 19.3 Å². The molecule has 0 aliphatic heterocycles. The molecule has 0 N–H and O–H groups in total. The van der Waals surface area contributed by atoms with Crippen LogP contribution in [0.2, 0.25) is 0 Å². The number of ether oxygens (including phenoxy) is 2. The smallest absolute Gasteiger partial charge is 0.305 e. The van der Waals surface area contributed by atoms with Crippen LogP contribution in [0.5, 0.6) is 0 Å². The van der Waals surface area contributed by atoms with Gasteiger partial charge in [-0.2, -0.15) is 5.26 Å². The molecule has 15 heavy (non-hydrogen) atoms. The highest BCUT2D eigenvalue weighted by molar-refractivity contribution is 6.00. The standard InChI is InChI=1S/C10H9NO4/c1-7(12)15-10(14-2)5-8(6-11)3-4-9(10)13/h3-5H,1-2H3. The Balaban J connectivity index is 3.12. The van der Waals surface area contributed by atoms with Crippen molar-refractivity contribution in [3.63, 3.8) is 0 Å². The van der Waals surface area contributed by atoms with Gasteiger partial charge in [0.05, 0.1) is 11.6 Å². The van der Waals surface area contributed by atoms with Crippen molar-refractivity contribution in [3.8, 4) is 6.07 Å². The molecule has 0 amide bonds. The van der Waals surface area contributed by atoms with E-state index < -0.39 is 17.5 Å². The van der Waals surface area contributed by atoms with Gasteiger partial charge in [-0.3, -0.25) is 9.59 Å². The Hall–Kier alpha value is -1.93. The Labute approximate surface area is 86.6 Å². The summed E-state index contributed by atoms with van der Waals surface area (Å²) in [7, 11) is 1.23. The van der Waals surface area contributed by atoms with Gasteiger partial charge >= 0.3 is 5.97 Å². The van der Waals surface area contributed by atoms with Crippen molar-refractivity contribution < 1.29 is 19.1 Å². The highest BCUT2D eigenvalue weighted by Gasteiger charge is 2.40. The number of hydrogen-bond donors (Lipinski definition) is 0. The van der Waals surface area contributed by atoms with Gasteiger partial charge in [0.25, 0.3) is 5.79 Å². The maximum absolute atomic E-state index is 11.5. The Morgan fingerprint density at radius 2 is 2.20 bits per heavy atom. The van der Waals surface area contributed by atoms with Crippen LogP contribution >= 0.6 is 0 Å². The van der Waals surface area contributed by atoms with Gasteiger partial charge in [0.15, 0.2) is 0 Å². The van der Waals surface area contributed by atoms with Crippen LogP contribution in [0.25, 0.3) is 0 Å². The van der Waals surface area contributed by atoms with E-state index in [0.29, 0.717) is 0 Å². The molecule has 0 spiro atoms. The summed E-state index contributed by atoms with van der Waals surface area (Å²) < 4.78 is 9.65. The van der Waals surface area contributed by atoms with Crippen molar-refractivity contribution >= 4 is 11.8 Å². The molecule has 5 nitrogen and oxygen atoms in total. The number of nitriles is 1. The van der Waals surface area contributed by atoms with Gasteiger partial charge in [-0.05, 0) is 12.2 Å². The molecule has 1 unspecified atom stereocenters. The van der Waals surface area contributed by atoms with Gasteiger partial charge in [-0.1, -0.05) is 0 Å². The van der Waals surface area contributed by atoms with Gasteiger partial charge < -0.3 is 9.47 Å². The van der Waals surface area contributed by atoms with Crippen LogP contribution in [0.1, 0.15) is 6.92 Å². The third kappa shape index (κ3) is 2.11. The fourth-order valence-corrected chi connectivity index (χ4v) is 1.17. The molecule has 0 heterocycles. The number of carbonyl (C=O) groups is 2. The fourth-order valence-electron chi connectivity index (χ4n) is 1.17. The molecule has 0 bridgehead atoms. The minimum absolute atomic E-state index is 0.206. The molecule has 1 rings (SSSR count). The van der Waals surface area contributed by atoms with Gasteiger partial charge in [0, 0.05) is 20.1 Å². The molecule has 1 aliphatic carbocycles. The first-order chi connectivity index (χ1) is 7.04. The Morgan fingerprint density at radius 3 is 2.67 bits per heavy atom. The Bertz CT molecular complexity index is 402. The van der Waals surface area contributed by atoms with E-state index in [2.05, 4.69) is 0 Å². The van der Waals surface area contributed by atoms with Crippen LogP contribution in [-0.4, -0.2) is 24.6 Å². The second-order valence-electron chi connectivity index (χ2n) is 2.87. The molecule has 0 aromatic rings. The zero-order valence-corrected chi connectivity index (χ0v) is 8.31. The van der Waals surface area contributed by atoms with E-state index in [-0.39, 0.29) is 5.57 Å². The summed E-state index contributed by atoms with van der Waals surface area (Å²) in [6.45, 7) is 1.16. The average Bonchev–Trinajstić information content (AvgIpc) is 2.20. The van der Waals surface area contributed by atoms with Crippen LogP contribution in [0.4, 0.5) is 0 Å². The number of hydrogen-bond acceptors (Lipinski definition) is 5. The van der Waals surface area contributed by atoms with Crippen molar-refractivity contribution in [1.29, 1.82) is 5.26 Å². The Kier molecular flexibility index (Phi) is 3.02. The third-order valence-corrected chi connectivity index (χ3v) is 1.83. The number of allylic oxidation sites excluding steroid dienone is 2.